The Bertz CT molecular complexity index is 1050. The highest BCUT2D eigenvalue weighted by atomic mass is 16.6. The molecule has 1 heterocycles. The van der Waals surface area contributed by atoms with Gasteiger partial charge in [-0.15, -0.1) is 0 Å². The SMILES string of the molecule is COc1ccc(CN(C(=O)CN2C(=O)c3ccc([N+](=O)[O-])cc3C2=O)C2CC2)cc1. The Balaban J connectivity index is 1.50. The minimum Gasteiger partial charge on any atom is -0.497 e. The number of methoxy groups -OCH3 is 1. The molecule has 9 heteroatoms. The lowest BCUT2D eigenvalue weighted by Crippen LogP contribution is -2.43. The molecule has 0 atom stereocenters. The topological polar surface area (TPSA) is 110 Å². The summed E-state index contributed by atoms with van der Waals surface area (Å²) in [5, 5.41) is 11.0. The van der Waals surface area contributed by atoms with E-state index in [0.717, 1.165) is 29.4 Å². The molecule has 154 valence electrons. The van der Waals surface area contributed by atoms with Crippen molar-refractivity contribution in [3.8, 4) is 5.75 Å². The number of non-ortho nitro benzene ring substituents is 1. The van der Waals surface area contributed by atoms with Crippen LogP contribution in [0.2, 0.25) is 0 Å². The maximum Gasteiger partial charge on any atom is 0.270 e. The number of nitro groups is 1. The molecule has 0 bridgehead atoms. The number of carbonyl (C=O) groups excluding carboxylic acids is 3. The monoisotopic (exact) mass is 409 g/mol. The molecule has 2 aromatic carbocycles. The van der Waals surface area contributed by atoms with Gasteiger partial charge < -0.3 is 9.64 Å². The van der Waals surface area contributed by atoms with Crippen LogP contribution >= 0.6 is 0 Å². The van der Waals surface area contributed by atoms with Gasteiger partial charge in [0.2, 0.25) is 5.91 Å². The van der Waals surface area contributed by atoms with Gasteiger partial charge in [0, 0.05) is 24.7 Å². The molecule has 2 aromatic rings. The fourth-order valence-electron chi connectivity index (χ4n) is 3.50. The second kappa shape index (κ2) is 7.58. The van der Waals surface area contributed by atoms with Crippen molar-refractivity contribution in [1.82, 2.24) is 9.80 Å². The van der Waals surface area contributed by atoms with E-state index in [1.165, 1.54) is 12.1 Å². The molecule has 1 aliphatic carbocycles. The lowest BCUT2D eigenvalue weighted by atomic mass is 10.1. The van der Waals surface area contributed by atoms with Crippen molar-refractivity contribution in [3.63, 3.8) is 0 Å². The third kappa shape index (κ3) is 3.61. The Labute approximate surface area is 172 Å². The van der Waals surface area contributed by atoms with Crippen LogP contribution in [-0.4, -0.2) is 52.1 Å². The summed E-state index contributed by atoms with van der Waals surface area (Å²) in [6.45, 7) is -0.0328. The molecule has 1 saturated carbocycles. The fourth-order valence-corrected chi connectivity index (χ4v) is 3.50. The Hall–Kier alpha value is -3.75. The lowest BCUT2D eigenvalue weighted by Gasteiger charge is -2.25. The van der Waals surface area contributed by atoms with Crippen LogP contribution < -0.4 is 4.74 Å². The molecule has 1 fully saturated rings. The van der Waals surface area contributed by atoms with E-state index in [1.54, 1.807) is 12.0 Å². The van der Waals surface area contributed by atoms with Crippen LogP contribution in [0, 0.1) is 10.1 Å². The third-order valence-electron chi connectivity index (χ3n) is 5.28. The molecule has 0 radical (unpaired) electrons. The number of hydrogen-bond donors (Lipinski definition) is 0. The highest BCUT2D eigenvalue weighted by Crippen LogP contribution is 2.31. The van der Waals surface area contributed by atoms with Gasteiger partial charge in [0.1, 0.15) is 12.3 Å². The van der Waals surface area contributed by atoms with E-state index >= 15 is 0 Å². The standard InChI is InChI=1S/C21H19N3O6/c1-30-16-7-2-13(3-8-16)11-22(14-4-5-14)19(25)12-23-20(26)17-9-6-15(24(28)29)10-18(17)21(23)27/h2-3,6-10,14H,4-5,11-12H2,1H3. The molecular formula is C21H19N3O6. The van der Waals surface area contributed by atoms with Crippen molar-refractivity contribution in [2.45, 2.75) is 25.4 Å². The predicted molar refractivity (Wildman–Crippen MR) is 105 cm³/mol. The average molecular weight is 409 g/mol. The molecule has 0 spiro atoms. The van der Waals surface area contributed by atoms with E-state index in [-0.39, 0.29) is 28.8 Å². The van der Waals surface area contributed by atoms with Crippen LogP contribution in [0.1, 0.15) is 39.1 Å². The highest BCUT2D eigenvalue weighted by molar-refractivity contribution is 6.22. The van der Waals surface area contributed by atoms with Crippen molar-refractivity contribution in [3.05, 3.63) is 69.3 Å². The summed E-state index contributed by atoms with van der Waals surface area (Å²) in [4.78, 5) is 51.1. The lowest BCUT2D eigenvalue weighted by molar-refractivity contribution is -0.384. The summed E-state index contributed by atoms with van der Waals surface area (Å²) < 4.78 is 5.14. The number of nitrogens with zero attached hydrogens (tertiary/aromatic N) is 3. The van der Waals surface area contributed by atoms with Crippen LogP contribution in [0.4, 0.5) is 5.69 Å². The van der Waals surface area contributed by atoms with E-state index < -0.39 is 23.3 Å². The minimum absolute atomic E-state index is 0.0462. The summed E-state index contributed by atoms with van der Waals surface area (Å²) in [7, 11) is 1.58. The number of benzene rings is 2. The number of imide groups is 1. The van der Waals surface area contributed by atoms with Gasteiger partial charge >= 0.3 is 0 Å². The first kappa shape index (κ1) is 19.6. The van der Waals surface area contributed by atoms with Crippen LogP contribution in [0.25, 0.3) is 0 Å². The summed E-state index contributed by atoms with van der Waals surface area (Å²) in [6.07, 6.45) is 1.74. The second-order valence-corrected chi connectivity index (χ2v) is 7.28. The minimum atomic E-state index is -0.688. The van der Waals surface area contributed by atoms with Gasteiger partial charge in [-0.05, 0) is 36.6 Å². The normalized spacial score (nSPS) is 15.2. The van der Waals surface area contributed by atoms with Crippen LogP contribution in [0.5, 0.6) is 5.75 Å². The summed E-state index contributed by atoms with van der Waals surface area (Å²) >= 11 is 0. The number of fused-ring (bicyclic) bond motifs is 1. The predicted octanol–water partition coefficient (Wildman–Crippen LogP) is 2.39. The third-order valence-corrected chi connectivity index (χ3v) is 5.28. The maximum absolute atomic E-state index is 13.0. The first-order valence-corrected chi connectivity index (χ1v) is 9.46. The zero-order valence-electron chi connectivity index (χ0n) is 16.2. The van der Waals surface area contributed by atoms with Gasteiger partial charge in [-0.3, -0.25) is 29.4 Å². The molecule has 0 aromatic heterocycles. The molecular weight excluding hydrogens is 390 g/mol. The Morgan fingerprint density at radius 1 is 1.13 bits per heavy atom. The molecule has 0 saturated heterocycles. The van der Waals surface area contributed by atoms with Crippen molar-refractivity contribution in [2.24, 2.45) is 0 Å². The summed E-state index contributed by atoms with van der Waals surface area (Å²) in [6, 6.07) is 10.9. The van der Waals surface area contributed by atoms with E-state index in [9.17, 15) is 24.5 Å². The largest absolute Gasteiger partial charge is 0.497 e. The van der Waals surface area contributed by atoms with Gasteiger partial charge in [-0.1, -0.05) is 12.1 Å². The van der Waals surface area contributed by atoms with E-state index in [4.69, 9.17) is 4.74 Å². The number of nitro benzene ring substituents is 1. The molecule has 2 aliphatic rings. The van der Waals surface area contributed by atoms with Crippen molar-refractivity contribution >= 4 is 23.4 Å². The quantitative estimate of drug-likeness (QED) is 0.395. The zero-order chi connectivity index (χ0) is 21.4. The second-order valence-electron chi connectivity index (χ2n) is 7.28. The average Bonchev–Trinajstić information content (AvgIpc) is 3.56. The Morgan fingerprint density at radius 2 is 1.80 bits per heavy atom. The fraction of sp³-hybridized carbons (Fsp3) is 0.286. The summed E-state index contributed by atoms with van der Waals surface area (Å²) in [5.74, 6) is -0.925. The van der Waals surface area contributed by atoms with E-state index in [1.807, 2.05) is 24.3 Å². The Morgan fingerprint density at radius 3 is 2.40 bits per heavy atom. The number of amides is 3. The van der Waals surface area contributed by atoms with Crippen molar-refractivity contribution in [2.75, 3.05) is 13.7 Å². The van der Waals surface area contributed by atoms with Crippen LogP contribution in [-0.2, 0) is 11.3 Å². The van der Waals surface area contributed by atoms with Gasteiger partial charge in [0.25, 0.3) is 17.5 Å². The molecule has 4 rings (SSSR count). The molecule has 3 amide bonds. The number of hydrogen-bond acceptors (Lipinski definition) is 6. The smallest absolute Gasteiger partial charge is 0.270 e. The number of ether oxygens (including phenoxy) is 1. The highest BCUT2D eigenvalue weighted by Gasteiger charge is 2.40. The van der Waals surface area contributed by atoms with Crippen molar-refractivity contribution in [1.29, 1.82) is 0 Å². The summed E-state index contributed by atoms with van der Waals surface area (Å²) in [5.41, 5.74) is 0.665. The van der Waals surface area contributed by atoms with Crippen molar-refractivity contribution < 1.29 is 24.0 Å². The van der Waals surface area contributed by atoms with Crippen LogP contribution in [0.15, 0.2) is 42.5 Å². The Kier molecular flexibility index (Phi) is 4.94. The molecule has 0 N–H and O–H groups in total. The number of rotatable bonds is 7. The molecule has 1 aliphatic heterocycles. The van der Waals surface area contributed by atoms with Gasteiger partial charge in [0.05, 0.1) is 23.2 Å². The number of carbonyl (C=O) groups is 3. The zero-order valence-corrected chi connectivity index (χ0v) is 16.2. The van der Waals surface area contributed by atoms with E-state index in [2.05, 4.69) is 0 Å². The van der Waals surface area contributed by atoms with Crippen LogP contribution in [0.3, 0.4) is 0 Å². The first-order chi connectivity index (χ1) is 14.4. The first-order valence-electron chi connectivity index (χ1n) is 9.46. The van der Waals surface area contributed by atoms with Gasteiger partial charge in [0.15, 0.2) is 0 Å². The van der Waals surface area contributed by atoms with Gasteiger partial charge in [-0.2, -0.15) is 0 Å². The van der Waals surface area contributed by atoms with E-state index in [0.29, 0.717) is 12.3 Å². The maximum atomic E-state index is 13.0. The molecule has 0 unspecified atom stereocenters. The molecule has 30 heavy (non-hydrogen) atoms. The molecule has 9 nitrogen and oxygen atoms in total. The van der Waals surface area contributed by atoms with Gasteiger partial charge in [-0.25, -0.2) is 0 Å².